The van der Waals surface area contributed by atoms with Crippen molar-refractivity contribution < 1.29 is 9.53 Å². The van der Waals surface area contributed by atoms with Crippen LogP contribution in [0.3, 0.4) is 0 Å². The first-order valence-electron chi connectivity index (χ1n) is 6.71. The summed E-state index contributed by atoms with van der Waals surface area (Å²) in [5.74, 6) is 0.889. The lowest BCUT2D eigenvalue weighted by Gasteiger charge is -2.27. The fraction of sp³-hybridized carbons (Fsp3) is 0.533. The molecule has 0 aliphatic heterocycles. The predicted molar refractivity (Wildman–Crippen MR) is 78.5 cm³/mol. The molecule has 0 aromatic heterocycles. The molecule has 0 spiro atoms. The molecule has 4 heteroatoms. The maximum absolute atomic E-state index is 10.8. The number of ether oxygens (including phenoxy) is 1. The summed E-state index contributed by atoms with van der Waals surface area (Å²) in [7, 11) is 0. The van der Waals surface area contributed by atoms with Crippen molar-refractivity contribution in [1.29, 1.82) is 0 Å². The summed E-state index contributed by atoms with van der Waals surface area (Å²) in [4.78, 5) is 10.8. The highest BCUT2D eigenvalue weighted by Crippen LogP contribution is 2.33. The second-order valence-corrected chi connectivity index (χ2v) is 5.09. The molecule has 2 N–H and O–H groups in total. The average molecular weight is 284 g/mol. The first-order chi connectivity index (χ1) is 8.66. The molecular weight excluding hydrogens is 262 g/mol. The van der Waals surface area contributed by atoms with Gasteiger partial charge in [0.2, 0.25) is 0 Å². The van der Waals surface area contributed by atoms with Gasteiger partial charge in [-0.3, -0.25) is 4.79 Å². The highest BCUT2D eigenvalue weighted by molar-refractivity contribution is 5.85. The third kappa shape index (κ3) is 4.51. The van der Waals surface area contributed by atoms with Crippen LogP contribution in [0.15, 0.2) is 24.3 Å². The van der Waals surface area contributed by atoms with Gasteiger partial charge in [0.1, 0.15) is 5.75 Å². The van der Waals surface area contributed by atoms with Crippen molar-refractivity contribution in [3.63, 3.8) is 0 Å². The van der Waals surface area contributed by atoms with Crippen molar-refractivity contribution in [2.24, 2.45) is 11.7 Å². The smallest absolute Gasteiger partial charge is 0.308 e. The van der Waals surface area contributed by atoms with Gasteiger partial charge in [-0.15, -0.1) is 12.4 Å². The van der Waals surface area contributed by atoms with Crippen LogP contribution in [0.25, 0.3) is 0 Å². The van der Waals surface area contributed by atoms with Gasteiger partial charge in [-0.05, 0) is 36.5 Å². The molecular formula is C15H22ClNO2. The van der Waals surface area contributed by atoms with Gasteiger partial charge in [0.05, 0.1) is 0 Å². The van der Waals surface area contributed by atoms with Crippen LogP contribution in [0.2, 0.25) is 0 Å². The molecule has 0 bridgehead atoms. The zero-order valence-corrected chi connectivity index (χ0v) is 12.1. The van der Waals surface area contributed by atoms with E-state index >= 15 is 0 Å². The number of carbonyl (C=O) groups excluding carboxylic acids is 1. The van der Waals surface area contributed by atoms with E-state index in [2.05, 4.69) is 0 Å². The van der Waals surface area contributed by atoms with E-state index in [0.717, 1.165) is 5.56 Å². The van der Waals surface area contributed by atoms with Gasteiger partial charge in [0.15, 0.2) is 0 Å². The van der Waals surface area contributed by atoms with Gasteiger partial charge >= 0.3 is 5.97 Å². The number of rotatable bonds is 3. The molecule has 0 unspecified atom stereocenters. The van der Waals surface area contributed by atoms with Crippen LogP contribution in [-0.4, -0.2) is 5.97 Å². The van der Waals surface area contributed by atoms with Gasteiger partial charge in [0, 0.05) is 13.0 Å². The van der Waals surface area contributed by atoms with E-state index in [9.17, 15) is 4.79 Å². The molecule has 1 aliphatic carbocycles. The molecule has 0 amide bonds. The Morgan fingerprint density at radius 3 is 2.32 bits per heavy atom. The molecule has 0 radical (unpaired) electrons. The molecule has 1 aromatic rings. The minimum atomic E-state index is -0.292. The molecule has 1 atom stereocenters. The summed E-state index contributed by atoms with van der Waals surface area (Å²) < 4.78 is 5.01. The molecule has 1 saturated carbocycles. The topological polar surface area (TPSA) is 52.3 Å². The SMILES string of the molecule is CC(=O)Oc1ccc([C@H](N)C2CCCCC2)cc1.Cl. The summed E-state index contributed by atoms with van der Waals surface area (Å²) >= 11 is 0. The second kappa shape index (κ2) is 7.51. The van der Waals surface area contributed by atoms with Crippen molar-refractivity contribution >= 4 is 18.4 Å². The number of carbonyl (C=O) groups is 1. The molecule has 1 fully saturated rings. The Labute approximate surface area is 120 Å². The molecule has 1 aromatic carbocycles. The Hall–Kier alpha value is -1.06. The van der Waals surface area contributed by atoms with Crippen molar-refractivity contribution in [2.75, 3.05) is 0 Å². The third-order valence-corrected chi connectivity index (χ3v) is 3.68. The summed E-state index contributed by atoms with van der Waals surface area (Å²) in [6, 6.07) is 7.69. The van der Waals surface area contributed by atoms with Gasteiger partial charge in [0.25, 0.3) is 0 Å². The minimum Gasteiger partial charge on any atom is -0.427 e. The minimum absolute atomic E-state index is 0. The maximum atomic E-state index is 10.8. The predicted octanol–water partition coefficient (Wildman–Crippen LogP) is 3.61. The zero-order chi connectivity index (χ0) is 13.0. The maximum Gasteiger partial charge on any atom is 0.308 e. The number of hydrogen-bond acceptors (Lipinski definition) is 3. The van der Waals surface area contributed by atoms with E-state index in [4.69, 9.17) is 10.5 Å². The summed E-state index contributed by atoms with van der Waals surface area (Å²) in [6.45, 7) is 1.40. The Kier molecular flexibility index (Phi) is 6.32. The molecule has 2 rings (SSSR count). The summed E-state index contributed by atoms with van der Waals surface area (Å²) in [5.41, 5.74) is 7.45. The first-order valence-corrected chi connectivity index (χ1v) is 6.71. The summed E-state index contributed by atoms with van der Waals surface area (Å²) in [6.07, 6.45) is 6.39. The van der Waals surface area contributed by atoms with Crippen LogP contribution < -0.4 is 10.5 Å². The Balaban J connectivity index is 0.00000180. The first kappa shape index (κ1) is 16.0. The highest BCUT2D eigenvalue weighted by atomic mass is 35.5. The standard InChI is InChI=1S/C15H21NO2.ClH/c1-11(17)18-14-9-7-13(8-10-14)15(16)12-5-3-2-4-6-12;/h7-10,12,15H,2-6,16H2,1H3;1H/t15-;/m1./s1. The highest BCUT2D eigenvalue weighted by Gasteiger charge is 2.21. The van der Waals surface area contributed by atoms with E-state index in [1.165, 1.54) is 39.0 Å². The van der Waals surface area contributed by atoms with Crippen LogP contribution in [-0.2, 0) is 4.79 Å². The molecule has 106 valence electrons. The lowest BCUT2D eigenvalue weighted by Crippen LogP contribution is -2.23. The fourth-order valence-corrected chi connectivity index (χ4v) is 2.69. The van der Waals surface area contributed by atoms with Crippen LogP contribution >= 0.6 is 12.4 Å². The number of hydrogen-bond donors (Lipinski definition) is 1. The molecule has 0 heterocycles. The molecule has 1 aliphatic rings. The lowest BCUT2D eigenvalue weighted by atomic mass is 9.81. The van der Waals surface area contributed by atoms with Gasteiger partial charge in [-0.1, -0.05) is 31.4 Å². The van der Waals surface area contributed by atoms with Gasteiger partial charge in [-0.2, -0.15) is 0 Å². The molecule has 3 nitrogen and oxygen atoms in total. The van der Waals surface area contributed by atoms with Crippen LogP contribution in [0.4, 0.5) is 0 Å². The quantitative estimate of drug-likeness (QED) is 0.681. The van der Waals surface area contributed by atoms with Crippen molar-refractivity contribution in [2.45, 2.75) is 45.1 Å². The number of halogens is 1. The summed E-state index contributed by atoms with van der Waals surface area (Å²) in [5, 5.41) is 0. The third-order valence-electron chi connectivity index (χ3n) is 3.68. The fourth-order valence-electron chi connectivity index (χ4n) is 2.69. The molecule has 19 heavy (non-hydrogen) atoms. The van der Waals surface area contributed by atoms with Crippen LogP contribution in [0.5, 0.6) is 5.75 Å². The van der Waals surface area contributed by atoms with E-state index in [0.29, 0.717) is 11.7 Å². The Morgan fingerprint density at radius 2 is 1.79 bits per heavy atom. The van der Waals surface area contributed by atoms with Crippen LogP contribution in [0, 0.1) is 5.92 Å². The van der Waals surface area contributed by atoms with E-state index in [1.807, 2.05) is 24.3 Å². The Bertz CT molecular complexity index is 399. The second-order valence-electron chi connectivity index (χ2n) is 5.09. The zero-order valence-electron chi connectivity index (χ0n) is 11.3. The monoisotopic (exact) mass is 283 g/mol. The van der Waals surface area contributed by atoms with Gasteiger partial charge < -0.3 is 10.5 Å². The number of esters is 1. The van der Waals surface area contributed by atoms with E-state index in [1.54, 1.807) is 0 Å². The van der Waals surface area contributed by atoms with Crippen LogP contribution in [0.1, 0.15) is 50.6 Å². The van der Waals surface area contributed by atoms with Crippen molar-refractivity contribution in [3.05, 3.63) is 29.8 Å². The number of nitrogens with two attached hydrogens (primary N) is 1. The van der Waals surface area contributed by atoms with E-state index in [-0.39, 0.29) is 24.4 Å². The van der Waals surface area contributed by atoms with E-state index < -0.39 is 0 Å². The molecule has 0 saturated heterocycles. The van der Waals surface area contributed by atoms with Crippen molar-refractivity contribution in [1.82, 2.24) is 0 Å². The average Bonchev–Trinajstić information content (AvgIpc) is 2.39. The largest absolute Gasteiger partial charge is 0.427 e. The normalized spacial score (nSPS) is 17.4. The van der Waals surface area contributed by atoms with Crippen molar-refractivity contribution in [3.8, 4) is 5.75 Å². The number of benzene rings is 1. The Morgan fingerprint density at radius 1 is 1.21 bits per heavy atom. The lowest BCUT2D eigenvalue weighted by molar-refractivity contribution is -0.131. The van der Waals surface area contributed by atoms with Gasteiger partial charge in [-0.25, -0.2) is 0 Å².